The van der Waals surface area contributed by atoms with Crippen molar-refractivity contribution in [3.8, 4) is 0 Å². The number of carbonyl (C=O) groups excluding carboxylic acids is 1. The number of alkyl halides is 3. The number of carboxylic acids is 1. The first-order valence-electron chi connectivity index (χ1n) is 6.84. The summed E-state index contributed by atoms with van der Waals surface area (Å²) >= 11 is 2.83. The van der Waals surface area contributed by atoms with Crippen molar-refractivity contribution < 1.29 is 27.9 Å². The van der Waals surface area contributed by atoms with Crippen molar-refractivity contribution in [3.63, 3.8) is 0 Å². The van der Waals surface area contributed by atoms with Crippen LogP contribution in [0, 0.1) is 5.92 Å². The predicted octanol–water partition coefficient (Wildman–Crippen LogP) is 3.80. The van der Waals surface area contributed by atoms with E-state index in [0.717, 1.165) is 6.07 Å². The summed E-state index contributed by atoms with van der Waals surface area (Å²) in [5.41, 5.74) is -0.842. The monoisotopic (exact) mass is 394 g/mol. The summed E-state index contributed by atoms with van der Waals surface area (Å²) in [5.74, 6) is -1.38. The lowest BCUT2D eigenvalue weighted by Crippen LogP contribution is -2.42. The van der Waals surface area contributed by atoms with Gasteiger partial charge in [-0.15, -0.1) is 0 Å². The zero-order chi connectivity index (χ0) is 17.2. The van der Waals surface area contributed by atoms with E-state index in [-0.39, 0.29) is 23.2 Å². The van der Waals surface area contributed by atoms with Crippen LogP contribution in [0.15, 0.2) is 22.7 Å². The van der Waals surface area contributed by atoms with Crippen molar-refractivity contribution in [2.75, 3.05) is 18.4 Å². The molecule has 0 aliphatic carbocycles. The number of piperidine rings is 1. The van der Waals surface area contributed by atoms with E-state index >= 15 is 0 Å². The molecule has 0 unspecified atom stereocenters. The molecule has 1 aromatic carbocycles. The van der Waals surface area contributed by atoms with Gasteiger partial charge in [0.2, 0.25) is 0 Å². The molecule has 5 nitrogen and oxygen atoms in total. The van der Waals surface area contributed by atoms with Crippen LogP contribution in [0.3, 0.4) is 0 Å². The predicted molar refractivity (Wildman–Crippen MR) is 80.1 cm³/mol. The van der Waals surface area contributed by atoms with E-state index in [4.69, 9.17) is 5.11 Å². The molecule has 2 amide bonds. The van der Waals surface area contributed by atoms with Gasteiger partial charge < -0.3 is 15.3 Å². The highest BCUT2D eigenvalue weighted by molar-refractivity contribution is 9.10. The molecular weight excluding hydrogens is 381 g/mol. The van der Waals surface area contributed by atoms with Gasteiger partial charge in [-0.25, -0.2) is 4.79 Å². The summed E-state index contributed by atoms with van der Waals surface area (Å²) in [4.78, 5) is 24.3. The molecule has 0 aromatic heterocycles. The van der Waals surface area contributed by atoms with Crippen LogP contribution in [0.2, 0.25) is 0 Å². The molecule has 126 valence electrons. The fraction of sp³-hybridized carbons (Fsp3) is 0.429. The number of urea groups is 1. The van der Waals surface area contributed by atoms with E-state index in [1.807, 2.05) is 0 Å². The SMILES string of the molecule is O=C(O)C1CCN(C(=O)Nc2ccc(Br)c(C(F)(F)F)c2)CC1. The number of nitrogens with zero attached hydrogens (tertiary/aromatic N) is 1. The fourth-order valence-corrected chi connectivity index (χ4v) is 2.82. The Kier molecular flexibility index (Phi) is 5.18. The summed E-state index contributed by atoms with van der Waals surface area (Å²) in [5, 5.41) is 11.3. The first-order chi connectivity index (χ1) is 10.7. The second kappa shape index (κ2) is 6.77. The molecule has 1 aliphatic heterocycles. The van der Waals surface area contributed by atoms with Gasteiger partial charge in [-0.2, -0.15) is 13.2 Å². The van der Waals surface area contributed by atoms with Crippen molar-refractivity contribution in [1.82, 2.24) is 4.90 Å². The average molecular weight is 395 g/mol. The molecule has 0 spiro atoms. The highest BCUT2D eigenvalue weighted by Crippen LogP contribution is 2.36. The Labute approximate surface area is 138 Å². The maximum atomic E-state index is 12.8. The van der Waals surface area contributed by atoms with Crippen LogP contribution in [0.5, 0.6) is 0 Å². The summed E-state index contributed by atoms with van der Waals surface area (Å²) in [6, 6.07) is 2.90. The van der Waals surface area contributed by atoms with Gasteiger partial charge in [-0.3, -0.25) is 4.79 Å². The van der Waals surface area contributed by atoms with Gasteiger partial charge in [0, 0.05) is 23.2 Å². The summed E-state index contributed by atoms with van der Waals surface area (Å²) < 4.78 is 38.4. The van der Waals surface area contributed by atoms with E-state index in [1.165, 1.54) is 17.0 Å². The molecular formula is C14H14BrF3N2O3. The number of rotatable bonds is 2. The number of carboxylic acid groups (broad SMARTS) is 1. The van der Waals surface area contributed by atoms with Crippen LogP contribution in [0.25, 0.3) is 0 Å². The van der Waals surface area contributed by atoms with Crippen LogP contribution in [0.4, 0.5) is 23.7 Å². The molecule has 0 radical (unpaired) electrons. The van der Waals surface area contributed by atoms with Gasteiger partial charge in [0.15, 0.2) is 0 Å². The maximum Gasteiger partial charge on any atom is 0.417 e. The normalized spacial score (nSPS) is 16.3. The van der Waals surface area contributed by atoms with E-state index in [2.05, 4.69) is 21.2 Å². The van der Waals surface area contributed by atoms with Gasteiger partial charge in [0.25, 0.3) is 0 Å². The highest BCUT2D eigenvalue weighted by atomic mass is 79.9. The molecule has 2 N–H and O–H groups in total. The molecule has 0 atom stereocenters. The lowest BCUT2D eigenvalue weighted by molar-refractivity contribution is -0.143. The molecule has 1 heterocycles. The Morgan fingerprint density at radius 1 is 1.26 bits per heavy atom. The molecule has 1 aromatic rings. The number of nitrogens with one attached hydrogen (secondary N) is 1. The van der Waals surface area contributed by atoms with Gasteiger partial charge in [-0.1, -0.05) is 15.9 Å². The van der Waals surface area contributed by atoms with Gasteiger partial charge >= 0.3 is 18.2 Å². The molecule has 0 bridgehead atoms. The zero-order valence-corrected chi connectivity index (χ0v) is 13.4. The smallest absolute Gasteiger partial charge is 0.417 e. The fourth-order valence-electron chi connectivity index (χ4n) is 2.35. The number of halogens is 4. The minimum atomic E-state index is -4.53. The largest absolute Gasteiger partial charge is 0.481 e. The number of carbonyl (C=O) groups is 2. The van der Waals surface area contributed by atoms with E-state index in [1.54, 1.807) is 0 Å². The Balaban J connectivity index is 2.03. The van der Waals surface area contributed by atoms with E-state index in [9.17, 15) is 22.8 Å². The number of hydrogen-bond acceptors (Lipinski definition) is 2. The topological polar surface area (TPSA) is 69.6 Å². The molecule has 1 saturated heterocycles. The van der Waals surface area contributed by atoms with E-state index in [0.29, 0.717) is 12.8 Å². The van der Waals surface area contributed by atoms with Crippen LogP contribution in [-0.4, -0.2) is 35.1 Å². The third kappa shape index (κ3) is 4.37. The van der Waals surface area contributed by atoms with Crippen molar-refractivity contribution in [3.05, 3.63) is 28.2 Å². The summed E-state index contributed by atoms with van der Waals surface area (Å²) in [7, 11) is 0. The molecule has 1 aliphatic rings. The van der Waals surface area contributed by atoms with Gasteiger partial charge in [0.05, 0.1) is 11.5 Å². The minimum Gasteiger partial charge on any atom is -0.481 e. The van der Waals surface area contributed by atoms with E-state index < -0.39 is 29.7 Å². The number of anilines is 1. The van der Waals surface area contributed by atoms with Crippen LogP contribution in [0.1, 0.15) is 18.4 Å². The standard InChI is InChI=1S/C14H14BrF3N2O3/c15-11-2-1-9(7-10(11)14(16,17)18)19-13(23)20-5-3-8(4-6-20)12(21)22/h1-2,7-8H,3-6H2,(H,19,23)(H,21,22). The molecule has 9 heteroatoms. The second-order valence-electron chi connectivity index (χ2n) is 5.22. The van der Waals surface area contributed by atoms with Crippen molar-refractivity contribution >= 4 is 33.6 Å². The van der Waals surface area contributed by atoms with Crippen LogP contribution < -0.4 is 5.32 Å². The molecule has 2 rings (SSSR count). The van der Waals surface area contributed by atoms with Gasteiger partial charge in [-0.05, 0) is 31.0 Å². The number of aliphatic carboxylic acids is 1. The highest BCUT2D eigenvalue weighted by Gasteiger charge is 2.33. The maximum absolute atomic E-state index is 12.8. The number of benzene rings is 1. The van der Waals surface area contributed by atoms with Crippen molar-refractivity contribution in [1.29, 1.82) is 0 Å². The first kappa shape index (κ1) is 17.6. The lowest BCUT2D eigenvalue weighted by atomic mass is 9.97. The third-order valence-electron chi connectivity index (χ3n) is 3.65. The quantitative estimate of drug-likeness (QED) is 0.801. The third-order valence-corrected chi connectivity index (χ3v) is 4.35. The number of amides is 2. The van der Waals surface area contributed by atoms with Crippen molar-refractivity contribution in [2.24, 2.45) is 5.92 Å². The average Bonchev–Trinajstić information content (AvgIpc) is 2.48. The minimum absolute atomic E-state index is 0.0332. The number of likely N-dealkylation sites (tertiary alicyclic amines) is 1. The second-order valence-corrected chi connectivity index (χ2v) is 6.08. The Morgan fingerprint density at radius 3 is 2.39 bits per heavy atom. The zero-order valence-electron chi connectivity index (χ0n) is 11.9. The van der Waals surface area contributed by atoms with Crippen LogP contribution in [-0.2, 0) is 11.0 Å². The Bertz CT molecular complexity index is 614. The lowest BCUT2D eigenvalue weighted by Gasteiger charge is -2.30. The molecule has 1 fully saturated rings. The number of hydrogen-bond donors (Lipinski definition) is 2. The summed E-state index contributed by atoms with van der Waals surface area (Å²) in [6.07, 6.45) is -3.87. The molecule has 0 saturated carbocycles. The van der Waals surface area contributed by atoms with Gasteiger partial charge in [0.1, 0.15) is 0 Å². The van der Waals surface area contributed by atoms with Crippen molar-refractivity contribution in [2.45, 2.75) is 19.0 Å². The first-order valence-corrected chi connectivity index (χ1v) is 7.63. The summed E-state index contributed by atoms with van der Waals surface area (Å²) in [6.45, 7) is 0.511. The Morgan fingerprint density at radius 2 is 1.87 bits per heavy atom. The molecule has 23 heavy (non-hydrogen) atoms. The Hall–Kier alpha value is -1.77. The van der Waals surface area contributed by atoms with Crippen LogP contribution >= 0.6 is 15.9 Å².